The number of benzene rings is 2. The summed E-state index contributed by atoms with van der Waals surface area (Å²) in [5.41, 5.74) is 10.2. The smallest absolute Gasteiger partial charge is 0.119 e. The van der Waals surface area contributed by atoms with Crippen molar-refractivity contribution in [2.24, 2.45) is 5.73 Å². The third-order valence-electron chi connectivity index (χ3n) is 3.78. The predicted molar refractivity (Wildman–Crippen MR) is 91.9 cm³/mol. The number of ether oxygens (including phenoxy) is 1. The monoisotopic (exact) mass is 347 g/mol. The Labute approximate surface area is 135 Å². The first-order valence-electron chi connectivity index (χ1n) is 7.22. The number of halogens is 1. The molecule has 0 aliphatic heterocycles. The summed E-state index contributed by atoms with van der Waals surface area (Å²) in [4.78, 5) is 0. The van der Waals surface area contributed by atoms with Gasteiger partial charge in [0.05, 0.1) is 7.11 Å². The van der Waals surface area contributed by atoms with Gasteiger partial charge in [-0.1, -0.05) is 40.2 Å². The lowest BCUT2D eigenvalue weighted by atomic mass is 9.97. The Morgan fingerprint density at radius 3 is 2.62 bits per heavy atom. The van der Waals surface area contributed by atoms with Crippen molar-refractivity contribution in [3.63, 3.8) is 0 Å². The van der Waals surface area contributed by atoms with Crippen LogP contribution in [-0.2, 0) is 12.8 Å². The van der Waals surface area contributed by atoms with Gasteiger partial charge in [-0.15, -0.1) is 0 Å². The number of methoxy groups -OCH3 is 1. The molecule has 0 aromatic heterocycles. The maximum absolute atomic E-state index is 6.30. The molecule has 2 aromatic rings. The summed E-state index contributed by atoms with van der Waals surface area (Å²) in [6.45, 7) is 2.15. The van der Waals surface area contributed by atoms with E-state index >= 15 is 0 Å². The molecule has 21 heavy (non-hydrogen) atoms. The van der Waals surface area contributed by atoms with Gasteiger partial charge in [-0.3, -0.25) is 0 Å². The number of nitrogens with two attached hydrogens (primary N) is 1. The fraction of sp³-hybridized carbons (Fsp3) is 0.333. The minimum Gasteiger partial charge on any atom is -0.497 e. The lowest BCUT2D eigenvalue weighted by Gasteiger charge is -2.14. The lowest BCUT2D eigenvalue weighted by Crippen LogP contribution is -2.23. The maximum atomic E-state index is 6.30. The van der Waals surface area contributed by atoms with Gasteiger partial charge in [0.15, 0.2) is 0 Å². The molecule has 0 fully saturated rings. The normalized spacial score (nSPS) is 12.2. The highest BCUT2D eigenvalue weighted by molar-refractivity contribution is 9.10. The van der Waals surface area contributed by atoms with E-state index in [1.165, 1.54) is 16.7 Å². The first-order valence-corrected chi connectivity index (χ1v) is 8.02. The maximum Gasteiger partial charge on any atom is 0.119 e. The molecular formula is C18H22BrNO. The molecule has 112 valence electrons. The van der Waals surface area contributed by atoms with Crippen LogP contribution in [-0.4, -0.2) is 13.2 Å². The van der Waals surface area contributed by atoms with Crippen molar-refractivity contribution in [1.82, 2.24) is 0 Å². The van der Waals surface area contributed by atoms with Crippen LogP contribution in [0.15, 0.2) is 46.9 Å². The first kappa shape index (κ1) is 16.1. The molecule has 0 heterocycles. The summed E-state index contributed by atoms with van der Waals surface area (Å²) >= 11 is 3.58. The van der Waals surface area contributed by atoms with E-state index in [0.29, 0.717) is 0 Å². The molecule has 0 aliphatic rings. The van der Waals surface area contributed by atoms with Gasteiger partial charge in [-0.05, 0) is 61.1 Å². The fourth-order valence-corrected chi connectivity index (χ4v) is 2.86. The molecule has 0 amide bonds. The van der Waals surface area contributed by atoms with Crippen molar-refractivity contribution in [1.29, 1.82) is 0 Å². The number of rotatable bonds is 6. The summed E-state index contributed by atoms with van der Waals surface area (Å²) in [6, 6.07) is 14.7. The molecule has 0 saturated carbocycles. The second-order valence-corrected chi connectivity index (χ2v) is 6.24. The fourth-order valence-electron chi connectivity index (χ4n) is 2.45. The second kappa shape index (κ2) is 7.62. The van der Waals surface area contributed by atoms with E-state index in [1.807, 2.05) is 12.1 Å². The van der Waals surface area contributed by atoms with Crippen LogP contribution in [0.2, 0.25) is 0 Å². The van der Waals surface area contributed by atoms with E-state index in [0.717, 1.165) is 29.5 Å². The minimum absolute atomic E-state index is 0.146. The van der Waals surface area contributed by atoms with Crippen LogP contribution in [0, 0.1) is 6.92 Å². The summed E-state index contributed by atoms with van der Waals surface area (Å²) in [6.07, 6.45) is 2.85. The van der Waals surface area contributed by atoms with Crippen molar-refractivity contribution in [3.05, 3.63) is 63.6 Å². The van der Waals surface area contributed by atoms with E-state index < -0.39 is 0 Å². The molecule has 0 bridgehead atoms. The van der Waals surface area contributed by atoms with E-state index in [-0.39, 0.29) is 6.04 Å². The van der Waals surface area contributed by atoms with Crippen LogP contribution in [0.4, 0.5) is 0 Å². The SMILES string of the molecule is COc1ccc(Br)c(CC(N)CCc2ccccc2C)c1. The average molecular weight is 348 g/mol. The third kappa shape index (κ3) is 4.58. The Balaban J connectivity index is 1.96. The van der Waals surface area contributed by atoms with Gasteiger partial charge in [-0.2, -0.15) is 0 Å². The number of hydrogen-bond donors (Lipinski definition) is 1. The van der Waals surface area contributed by atoms with E-state index in [2.05, 4.69) is 53.2 Å². The summed E-state index contributed by atoms with van der Waals surface area (Å²) in [5, 5.41) is 0. The first-order chi connectivity index (χ1) is 10.1. The molecule has 0 radical (unpaired) electrons. The predicted octanol–water partition coefficient (Wildman–Crippen LogP) is 4.27. The van der Waals surface area contributed by atoms with Gasteiger partial charge in [-0.25, -0.2) is 0 Å². The van der Waals surface area contributed by atoms with Gasteiger partial charge < -0.3 is 10.5 Å². The van der Waals surface area contributed by atoms with Crippen molar-refractivity contribution in [2.45, 2.75) is 32.2 Å². The van der Waals surface area contributed by atoms with E-state index in [1.54, 1.807) is 7.11 Å². The zero-order valence-electron chi connectivity index (χ0n) is 12.6. The zero-order chi connectivity index (χ0) is 15.2. The largest absolute Gasteiger partial charge is 0.497 e. The highest BCUT2D eigenvalue weighted by Gasteiger charge is 2.09. The van der Waals surface area contributed by atoms with Gasteiger partial charge in [0.1, 0.15) is 5.75 Å². The van der Waals surface area contributed by atoms with Gasteiger partial charge in [0, 0.05) is 10.5 Å². The van der Waals surface area contributed by atoms with Crippen LogP contribution in [0.1, 0.15) is 23.1 Å². The Bertz CT molecular complexity index is 598. The molecule has 0 aliphatic carbocycles. The van der Waals surface area contributed by atoms with Crippen molar-refractivity contribution in [2.75, 3.05) is 7.11 Å². The van der Waals surface area contributed by atoms with Crippen molar-refractivity contribution in [3.8, 4) is 5.75 Å². The number of aryl methyl sites for hydroxylation is 2. The number of hydrogen-bond acceptors (Lipinski definition) is 2. The standard InChI is InChI=1S/C18H22BrNO/c1-13-5-3-4-6-14(13)7-8-16(20)11-15-12-17(21-2)9-10-18(15)19/h3-6,9-10,12,16H,7-8,11,20H2,1-2H3. The summed E-state index contributed by atoms with van der Waals surface area (Å²) < 4.78 is 6.37. The zero-order valence-corrected chi connectivity index (χ0v) is 14.2. The molecule has 1 unspecified atom stereocenters. The van der Waals surface area contributed by atoms with E-state index in [4.69, 9.17) is 10.5 Å². The Hall–Kier alpha value is -1.32. The summed E-state index contributed by atoms with van der Waals surface area (Å²) in [5.74, 6) is 0.874. The molecule has 2 N–H and O–H groups in total. The summed E-state index contributed by atoms with van der Waals surface area (Å²) in [7, 11) is 1.69. The van der Waals surface area contributed by atoms with Crippen LogP contribution < -0.4 is 10.5 Å². The van der Waals surface area contributed by atoms with Crippen LogP contribution >= 0.6 is 15.9 Å². The van der Waals surface area contributed by atoms with Crippen LogP contribution in [0.5, 0.6) is 5.75 Å². The molecule has 0 saturated heterocycles. The van der Waals surface area contributed by atoms with E-state index in [9.17, 15) is 0 Å². The Morgan fingerprint density at radius 2 is 1.90 bits per heavy atom. The molecule has 2 aromatic carbocycles. The molecular weight excluding hydrogens is 326 g/mol. The quantitative estimate of drug-likeness (QED) is 0.846. The van der Waals surface area contributed by atoms with Crippen LogP contribution in [0.25, 0.3) is 0 Å². The molecule has 2 nitrogen and oxygen atoms in total. The van der Waals surface area contributed by atoms with Crippen LogP contribution in [0.3, 0.4) is 0 Å². The molecule has 1 atom stereocenters. The average Bonchev–Trinajstić information content (AvgIpc) is 2.48. The van der Waals surface area contributed by atoms with Gasteiger partial charge in [0.25, 0.3) is 0 Å². The highest BCUT2D eigenvalue weighted by Crippen LogP contribution is 2.24. The Kier molecular flexibility index (Phi) is 5.83. The highest BCUT2D eigenvalue weighted by atomic mass is 79.9. The van der Waals surface area contributed by atoms with Gasteiger partial charge in [0.2, 0.25) is 0 Å². The Morgan fingerprint density at radius 1 is 1.14 bits per heavy atom. The van der Waals surface area contributed by atoms with Gasteiger partial charge >= 0.3 is 0 Å². The molecule has 3 heteroatoms. The topological polar surface area (TPSA) is 35.2 Å². The molecule has 2 rings (SSSR count). The minimum atomic E-state index is 0.146. The second-order valence-electron chi connectivity index (χ2n) is 5.39. The molecule has 0 spiro atoms. The van der Waals surface area contributed by atoms with Crippen molar-refractivity contribution >= 4 is 15.9 Å². The lowest BCUT2D eigenvalue weighted by molar-refractivity contribution is 0.414. The van der Waals surface area contributed by atoms with Crippen molar-refractivity contribution < 1.29 is 4.74 Å². The third-order valence-corrected chi connectivity index (χ3v) is 4.55.